The molecule has 3 atom stereocenters. The number of carbonyl (C=O) groups excluding carboxylic acids is 1. The molecule has 6 heteroatoms. The Kier molecular flexibility index (Phi) is 2.48. The van der Waals surface area contributed by atoms with Crippen LogP contribution in [0.3, 0.4) is 0 Å². The molecule has 1 aliphatic carbocycles. The Morgan fingerprint density at radius 1 is 1.60 bits per heavy atom. The molecule has 15 heavy (non-hydrogen) atoms. The van der Waals surface area contributed by atoms with Crippen LogP contribution in [0, 0.1) is 0 Å². The second-order valence-corrected chi connectivity index (χ2v) is 5.69. The lowest BCUT2D eigenvalue weighted by Gasteiger charge is -2.40. The van der Waals surface area contributed by atoms with Crippen LogP contribution in [0.4, 0.5) is 0 Å². The van der Waals surface area contributed by atoms with Crippen LogP contribution in [0.2, 0.25) is 0 Å². The van der Waals surface area contributed by atoms with Crippen molar-refractivity contribution in [3.63, 3.8) is 0 Å². The van der Waals surface area contributed by atoms with Crippen LogP contribution >= 0.6 is 0 Å². The van der Waals surface area contributed by atoms with Gasteiger partial charge in [0.15, 0.2) is 0 Å². The maximum atomic E-state index is 11.9. The number of esters is 1. The molecule has 1 heterocycles. The molecule has 2 aliphatic rings. The quantitative estimate of drug-likeness (QED) is 0.346. The van der Waals surface area contributed by atoms with Crippen LogP contribution in [-0.4, -0.2) is 30.9 Å². The van der Waals surface area contributed by atoms with Gasteiger partial charge in [0.1, 0.15) is 16.4 Å². The minimum atomic E-state index is -1.54. The molecule has 0 amide bonds. The smallest absolute Gasteiger partial charge is 0.449 e. The Labute approximate surface area is 89.9 Å². The summed E-state index contributed by atoms with van der Waals surface area (Å²) in [4.78, 5) is 14.2. The van der Waals surface area contributed by atoms with E-state index in [0.29, 0.717) is 0 Å². The zero-order valence-electron chi connectivity index (χ0n) is 8.43. The van der Waals surface area contributed by atoms with Crippen LogP contribution in [0.5, 0.6) is 0 Å². The number of ether oxygens (including phenoxy) is 1. The summed E-state index contributed by atoms with van der Waals surface area (Å²) in [5.41, 5.74) is 7.96. The molecule has 0 bridgehead atoms. The van der Waals surface area contributed by atoms with E-state index in [1.807, 2.05) is 0 Å². The molecule has 0 aromatic heterocycles. The number of hydrogen-bond donors (Lipinski definition) is 0. The molecule has 1 saturated heterocycles. The first-order valence-electron chi connectivity index (χ1n) is 4.94. The fourth-order valence-corrected chi connectivity index (χ4v) is 3.83. The van der Waals surface area contributed by atoms with Gasteiger partial charge in [0, 0.05) is 0 Å². The third-order valence-corrected chi connectivity index (χ3v) is 4.99. The van der Waals surface area contributed by atoms with Gasteiger partial charge in [-0.3, -0.25) is 0 Å². The van der Waals surface area contributed by atoms with Crippen molar-refractivity contribution >= 4 is 21.8 Å². The van der Waals surface area contributed by atoms with Crippen LogP contribution in [0.15, 0.2) is 0 Å². The van der Waals surface area contributed by atoms with Crippen molar-refractivity contribution in [2.45, 2.75) is 43.5 Å². The maximum absolute atomic E-state index is 11.9. The molecule has 0 spiro atoms. The van der Waals surface area contributed by atoms with E-state index in [-0.39, 0.29) is 10.3 Å². The summed E-state index contributed by atoms with van der Waals surface area (Å²) in [6, 6.07) is 0. The average Bonchev–Trinajstić information content (AvgIpc) is 2.17. The van der Waals surface area contributed by atoms with Crippen molar-refractivity contribution in [3.05, 3.63) is 5.53 Å². The van der Waals surface area contributed by atoms with Gasteiger partial charge in [-0.05, 0) is 26.2 Å². The molecule has 0 aromatic carbocycles. The van der Waals surface area contributed by atoms with Crippen molar-refractivity contribution in [3.8, 4) is 0 Å². The van der Waals surface area contributed by atoms with Gasteiger partial charge < -0.3 is 10.3 Å². The lowest BCUT2D eigenvalue weighted by molar-refractivity contribution is -0.157. The van der Waals surface area contributed by atoms with E-state index in [4.69, 9.17) is 10.3 Å². The molecule has 2 fully saturated rings. The first kappa shape index (κ1) is 10.5. The molecule has 5 nitrogen and oxygen atoms in total. The van der Waals surface area contributed by atoms with Gasteiger partial charge in [-0.1, -0.05) is 6.42 Å². The predicted molar refractivity (Wildman–Crippen MR) is 53.5 cm³/mol. The molecule has 0 N–H and O–H groups in total. The van der Waals surface area contributed by atoms with Crippen molar-refractivity contribution in [2.75, 3.05) is 0 Å². The Morgan fingerprint density at radius 2 is 2.33 bits per heavy atom. The van der Waals surface area contributed by atoms with E-state index in [2.05, 4.69) is 4.79 Å². The molecular formula is C9H12N2O3S. The monoisotopic (exact) mass is 228 g/mol. The van der Waals surface area contributed by atoms with Crippen LogP contribution in [-0.2, 0) is 20.3 Å². The summed E-state index contributed by atoms with van der Waals surface area (Å²) >= 11 is 0. The molecule has 0 aromatic rings. The summed E-state index contributed by atoms with van der Waals surface area (Å²) in [6.07, 6.45) is 3.43. The van der Waals surface area contributed by atoms with Gasteiger partial charge in [0.2, 0.25) is 0 Å². The SMILES string of the molecule is C[C@]12CCCC[C@@H]1[S@@](=O)C(=[N+]=[N-])C(=O)O2. The Bertz CT molecular complexity index is 389. The van der Waals surface area contributed by atoms with Crippen molar-refractivity contribution < 1.29 is 18.5 Å². The highest BCUT2D eigenvalue weighted by Gasteiger charge is 2.54. The zero-order valence-corrected chi connectivity index (χ0v) is 9.25. The lowest BCUT2D eigenvalue weighted by Crippen LogP contribution is -2.56. The molecule has 2 rings (SSSR count). The Balaban J connectivity index is 2.39. The minimum absolute atomic E-state index is 0.227. The molecule has 1 aliphatic heterocycles. The van der Waals surface area contributed by atoms with Gasteiger partial charge in [0.25, 0.3) is 0 Å². The number of rotatable bonds is 0. The molecule has 0 radical (unpaired) electrons. The van der Waals surface area contributed by atoms with E-state index >= 15 is 0 Å². The highest BCUT2D eigenvalue weighted by molar-refractivity contribution is 8.03. The first-order chi connectivity index (χ1) is 7.08. The third-order valence-electron chi connectivity index (χ3n) is 3.11. The maximum Gasteiger partial charge on any atom is 0.463 e. The topological polar surface area (TPSA) is 79.8 Å². The van der Waals surface area contributed by atoms with E-state index in [1.165, 1.54) is 0 Å². The summed E-state index contributed by atoms with van der Waals surface area (Å²) in [7, 11) is -1.54. The van der Waals surface area contributed by atoms with Crippen LogP contribution < -0.4 is 0 Å². The standard InChI is InChI=1S/C9H12N2O3S/c1-9-5-3-2-4-6(9)15(13)7(11-10)8(12)14-9/h6H,2-5H2,1H3/t6-,9-,15+/m0/s1. The first-order valence-corrected chi connectivity index (χ1v) is 6.16. The van der Waals surface area contributed by atoms with E-state index in [1.54, 1.807) is 6.92 Å². The van der Waals surface area contributed by atoms with Gasteiger partial charge in [-0.15, -0.1) is 4.79 Å². The van der Waals surface area contributed by atoms with E-state index < -0.39 is 22.4 Å². The second-order valence-electron chi connectivity index (χ2n) is 4.14. The van der Waals surface area contributed by atoms with E-state index in [0.717, 1.165) is 25.7 Å². The predicted octanol–water partition coefficient (Wildman–Crippen LogP) is 0.621. The van der Waals surface area contributed by atoms with Crippen molar-refractivity contribution in [2.24, 2.45) is 0 Å². The largest absolute Gasteiger partial charge is 0.463 e. The molecule has 0 unspecified atom stereocenters. The van der Waals surface area contributed by atoms with E-state index in [9.17, 15) is 9.00 Å². The third kappa shape index (κ3) is 1.54. The van der Waals surface area contributed by atoms with Crippen molar-refractivity contribution in [1.29, 1.82) is 0 Å². The zero-order chi connectivity index (χ0) is 11.1. The lowest BCUT2D eigenvalue weighted by atomic mass is 9.85. The number of hydrogen-bond acceptors (Lipinski definition) is 3. The second kappa shape index (κ2) is 3.54. The Morgan fingerprint density at radius 3 is 3.00 bits per heavy atom. The van der Waals surface area contributed by atoms with Gasteiger partial charge in [-0.25, -0.2) is 9.00 Å². The number of nitrogens with zero attached hydrogens (tertiary/aromatic N) is 2. The minimum Gasteiger partial charge on any atom is -0.449 e. The summed E-state index contributed by atoms with van der Waals surface area (Å²) in [6.45, 7) is 1.81. The van der Waals surface area contributed by atoms with Gasteiger partial charge >= 0.3 is 11.0 Å². The highest BCUT2D eigenvalue weighted by atomic mass is 32.2. The van der Waals surface area contributed by atoms with Gasteiger partial charge in [-0.2, -0.15) is 0 Å². The Hall–Kier alpha value is -1.00. The molecule has 1 saturated carbocycles. The fourth-order valence-electron chi connectivity index (χ4n) is 2.28. The van der Waals surface area contributed by atoms with Crippen LogP contribution in [0.1, 0.15) is 32.6 Å². The van der Waals surface area contributed by atoms with Crippen molar-refractivity contribution in [1.82, 2.24) is 0 Å². The molecule has 82 valence electrons. The molecular weight excluding hydrogens is 216 g/mol. The van der Waals surface area contributed by atoms with Crippen LogP contribution in [0.25, 0.3) is 5.53 Å². The summed E-state index contributed by atoms with van der Waals surface area (Å²) in [5, 5.41) is -0.575. The van der Waals surface area contributed by atoms with Gasteiger partial charge in [0.05, 0.1) is 5.25 Å². The summed E-state index contributed by atoms with van der Waals surface area (Å²) < 4.78 is 17.2. The average molecular weight is 228 g/mol. The highest BCUT2D eigenvalue weighted by Crippen LogP contribution is 2.38. The summed E-state index contributed by atoms with van der Waals surface area (Å²) in [5.74, 6) is -0.753. The fraction of sp³-hybridized carbons (Fsp3) is 0.778. The number of fused-ring (bicyclic) bond motifs is 1. The normalized spacial score (nSPS) is 40.3. The number of carbonyl (C=O) groups is 1.